The van der Waals surface area contributed by atoms with Gasteiger partial charge < -0.3 is 10.5 Å². The third-order valence-corrected chi connectivity index (χ3v) is 3.82. The van der Waals surface area contributed by atoms with E-state index in [0.29, 0.717) is 11.6 Å². The zero-order valence-corrected chi connectivity index (χ0v) is 11.5. The summed E-state index contributed by atoms with van der Waals surface area (Å²) in [5.74, 6) is 1.88. The Morgan fingerprint density at radius 3 is 2.84 bits per heavy atom. The molecule has 0 aliphatic rings. The molecular formula is C14H13N3OS. The minimum Gasteiger partial charge on any atom is -0.495 e. The van der Waals surface area contributed by atoms with Gasteiger partial charge in [0, 0.05) is 5.39 Å². The molecule has 0 bridgehead atoms. The van der Waals surface area contributed by atoms with Gasteiger partial charge in [-0.1, -0.05) is 11.6 Å². The molecule has 0 saturated carbocycles. The molecule has 2 heterocycles. The summed E-state index contributed by atoms with van der Waals surface area (Å²) in [5.41, 5.74) is 8.03. The lowest BCUT2D eigenvalue weighted by molar-refractivity contribution is 0.418. The van der Waals surface area contributed by atoms with Crippen molar-refractivity contribution >= 4 is 28.1 Å². The van der Waals surface area contributed by atoms with Gasteiger partial charge in [-0.25, -0.2) is 9.97 Å². The van der Waals surface area contributed by atoms with Crippen LogP contribution in [0.3, 0.4) is 0 Å². The summed E-state index contributed by atoms with van der Waals surface area (Å²) in [6, 6.07) is 7.88. The first kappa shape index (κ1) is 11.9. The van der Waals surface area contributed by atoms with Gasteiger partial charge in [0.1, 0.15) is 16.4 Å². The Kier molecular flexibility index (Phi) is 2.83. The van der Waals surface area contributed by atoms with E-state index >= 15 is 0 Å². The summed E-state index contributed by atoms with van der Waals surface area (Å²) in [7, 11) is 1.64. The average molecular weight is 271 g/mol. The second-order valence-corrected chi connectivity index (χ2v) is 5.19. The van der Waals surface area contributed by atoms with Crippen LogP contribution >= 0.6 is 11.3 Å². The van der Waals surface area contributed by atoms with Crippen LogP contribution in [0.4, 0.5) is 5.82 Å². The van der Waals surface area contributed by atoms with Crippen molar-refractivity contribution in [2.45, 2.75) is 6.92 Å². The molecule has 4 nitrogen and oxygen atoms in total. The van der Waals surface area contributed by atoms with Crippen LogP contribution in [0.2, 0.25) is 0 Å². The Morgan fingerprint density at radius 2 is 2.05 bits per heavy atom. The molecule has 0 spiro atoms. The predicted octanol–water partition coefficient (Wildman–Crippen LogP) is 3.26. The number of hydrogen-bond donors (Lipinski definition) is 1. The highest BCUT2D eigenvalue weighted by Crippen LogP contribution is 2.34. The molecule has 19 heavy (non-hydrogen) atoms. The van der Waals surface area contributed by atoms with E-state index in [2.05, 4.69) is 9.97 Å². The number of benzene rings is 1. The Bertz CT molecular complexity index is 752. The zero-order valence-electron chi connectivity index (χ0n) is 10.7. The van der Waals surface area contributed by atoms with E-state index in [0.717, 1.165) is 27.1 Å². The van der Waals surface area contributed by atoms with Gasteiger partial charge >= 0.3 is 0 Å². The van der Waals surface area contributed by atoms with E-state index in [4.69, 9.17) is 10.5 Å². The SMILES string of the molecule is COc1ccsc1-c1nc(N)c2cc(C)ccc2n1. The number of nitrogen functional groups attached to an aromatic ring is 1. The lowest BCUT2D eigenvalue weighted by Gasteiger charge is -2.06. The van der Waals surface area contributed by atoms with Crippen LogP contribution in [-0.2, 0) is 0 Å². The summed E-state index contributed by atoms with van der Waals surface area (Å²) in [6.45, 7) is 2.02. The molecule has 0 aliphatic carbocycles. The molecule has 2 N–H and O–H groups in total. The molecule has 96 valence electrons. The number of nitrogens with two attached hydrogens (primary N) is 1. The smallest absolute Gasteiger partial charge is 0.176 e. The molecule has 0 atom stereocenters. The van der Waals surface area contributed by atoms with E-state index in [1.165, 1.54) is 0 Å². The first-order chi connectivity index (χ1) is 9.19. The number of methoxy groups -OCH3 is 1. The van der Waals surface area contributed by atoms with Gasteiger partial charge in [-0.15, -0.1) is 11.3 Å². The van der Waals surface area contributed by atoms with Crippen LogP contribution in [-0.4, -0.2) is 17.1 Å². The standard InChI is InChI=1S/C14H13N3OS/c1-8-3-4-10-9(7-8)13(15)17-14(16-10)12-11(18-2)5-6-19-12/h3-7H,1-2H3,(H2,15,16,17). The van der Waals surface area contributed by atoms with Crippen LogP contribution in [0, 0.1) is 6.92 Å². The van der Waals surface area contributed by atoms with Gasteiger partial charge in [-0.05, 0) is 30.5 Å². The maximum atomic E-state index is 6.04. The minimum atomic E-state index is 0.499. The maximum Gasteiger partial charge on any atom is 0.176 e. The van der Waals surface area contributed by atoms with Crippen molar-refractivity contribution in [1.82, 2.24) is 9.97 Å². The fourth-order valence-electron chi connectivity index (χ4n) is 1.99. The number of rotatable bonds is 2. The van der Waals surface area contributed by atoms with Crippen molar-refractivity contribution in [3.8, 4) is 16.5 Å². The zero-order chi connectivity index (χ0) is 13.4. The largest absolute Gasteiger partial charge is 0.495 e. The first-order valence-electron chi connectivity index (χ1n) is 5.85. The van der Waals surface area contributed by atoms with Crippen molar-refractivity contribution in [1.29, 1.82) is 0 Å². The number of anilines is 1. The molecule has 1 aromatic carbocycles. The fourth-order valence-corrected chi connectivity index (χ4v) is 2.78. The van der Waals surface area contributed by atoms with E-state index in [1.807, 2.05) is 36.6 Å². The molecule has 2 aromatic heterocycles. The molecule has 0 saturated heterocycles. The molecular weight excluding hydrogens is 258 g/mol. The van der Waals surface area contributed by atoms with Gasteiger partial charge in [0.15, 0.2) is 5.82 Å². The highest BCUT2D eigenvalue weighted by atomic mass is 32.1. The van der Waals surface area contributed by atoms with Crippen LogP contribution in [0.5, 0.6) is 5.75 Å². The van der Waals surface area contributed by atoms with Crippen LogP contribution in [0.25, 0.3) is 21.6 Å². The number of fused-ring (bicyclic) bond motifs is 1. The van der Waals surface area contributed by atoms with Crippen molar-refractivity contribution < 1.29 is 4.74 Å². The Labute approximate surface area is 114 Å². The van der Waals surface area contributed by atoms with Crippen LogP contribution < -0.4 is 10.5 Å². The Hall–Kier alpha value is -2.14. The summed E-state index contributed by atoms with van der Waals surface area (Å²) in [6.07, 6.45) is 0. The van der Waals surface area contributed by atoms with Gasteiger partial charge in [-0.3, -0.25) is 0 Å². The minimum absolute atomic E-state index is 0.499. The van der Waals surface area contributed by atoms with Crippen molar-refractivity contribution in [2.24, 2.45) is 0 Å². The maximum absolute atomic E-state index is 6.04. The molecule has 0 amide bonds. The summed E-state index contributed by atoms with van der Waals surface area (Å²) in [4.78, 5) is 9.86. The van der Waals surface area contributed by atoms with E-state index in [-0.39, 0.29) is 0 Å². The summed E-state index contributed by atoms with van der Waals surface area (Å²) >= 11 is 1.54. The van der Waals surface area contributed by atoms with Gasteiger partial charge in [0.05, 0.1) is 12.6 Å². The van der Waals surface area contributed by atoms with Crippen molar-refractivity contribution in [3.63, 3.8) is 0 Å². The highest BCUT2D eigenvalue weighted by molar-refractivity contribution is 7.13. The third-order valence-electron chi connectivity index (χ3n) is 2.93. The number of ether oxygens (including phenoxy) is 1. The molecule has 3 aromatic rings. The molecule has 3 rings (SSSR count). The normalized spacial score (nSPS) is 10.8. The number of aryl methyl sites for hydroxylation is 1. The first-order valence-corrected chi connectivity index (χ1v) is 6.72. The quantitative estimate of drug-likeness (QED) is 0.777. The second kappa shape index (κ2) is 4.51. The van der Waals surface area contributed by atoms with Crippen molar-refractivity contribution in [3.05, 3.63) is 35.2 Å². The second-order valence-electron chi connectivity index (χ2n) is 4.27. The summed E-state index contributed by atoms with van der Waals surface area (Å²) < 4.78 is 5.30. The van der Waals surface area contributed by atoms with Gasteiger partial charge in [-0.2, -0.15) is 0 Å². The van der Waals surface area contributed by atoms with Crippen LogP contribution in [0.1, 0.15) is 5.56 Å². The fraction of sp³-hybridized carbons (Fsp3) is 0.143. The molecule has 0 fully saturated rings. The molecule has 0 radical (unpaired) electrons. The number of aromatic nitrogens is 2. The third kappa shape index (κ3) is 2.02. The molecule has 0 unspecified atom stereocenters. The van der Waals surface area contributed by atoms with E-state index < -0.39 is 0 Å². The topological polar surface area (TPSA) is 61.0 Å². The van der Waals surface area contributed by atoms with E-state index in [9.17, 15) is 0 Å². The Morgan fingerprint density at radius 1 is 1.21 bits per heavy atom. The average Bonchev–Trinajstić information content (AvgIpc) is 2.87. The van der Waals surface area contributed by atoms with Crippen LogP contribution in [0.15, 0.2) is 29.6 Å². The number of hydrogen-bond acceptors (Lipinski definition) is 5. The number of thiophene rings is 1. The van der Waals surface area contributed by atoms with Crippen molar-refractivity contribution in [2.75, 3.05) is 12.8 Å². The Balaban J connectivity index is 2.24. The van der Waals surface area contributed by atoms with Gasteiger partial charge in [0.25, 0.3) is 0 Å². The molecule has 5 heteroatoms. The summed E-state index contributed by atoms with van der Waals surface area (Å²) in [5, 5.41) is 2.84. The monoisotopic (exact) mass is 271 g/mol. The number of nitrogens with zero attached hydrogens (tertiary/aromatic N) is 2. The highest BCUT2D eigenvalue weighted by Gasteiger charge is 2.13. The lowest BCUT2D eigenvalue weighted by Crippen LogP contribution is -1.98. The van der Waals surface area contributed by atoms with Gasteiger partial charge in [0.2, 0.25) is 0 Å². The van der Waals surface area contributed by atoms with E-state index in [1.54, 1.807) is 18.4 Å². The predicted molar refractivity (Wildman–Crippen MR) is 78.6 cm³/mol. The molecule has 0 aliphatic heterocycles. The lowest BCUT2D eigenvalue weighted by atomic mass is 10.1.